The van der Waals surface area contributed by atoms with Gasteiger partial charge in [0.1, 0.15) is 42.5 Å². The second kappa shape index (κ2) is 34.4. The first-order valence-corrected chi connectivity index (χ1v) is 32.2. The minimum Gasteiger partial charge on any atom is -0.496 e. The Bertz CT molecular complexity index is 3290. The lowest BCUT2D eigenvalue weighted by Gasteiger charge is -2.25. The molecule has 2 aliphatic carbocycles. The number of amides is 4. The fraction of sp³-hybridized carbons (Fsp3) is 0.479. The zero-order chi connectivity index (χ0) is 62.9. The van der Waals surface area contributed by atoms with Crippen molar-refractivity contribution in [3.63, 3.8) is 0 Å². The van der Waals surface area contributed by atoms with Crippen molar-refractivity contribution in [1.82, 2.24) is 45.8 Å². The van der Waals surface area contributed by atoms with Crippen molar-refractivity contribution in [1.29, 1.82) is 0 Å². The smallest absolute Gasteiger partial charge is 0.272 e. The Kier molecular flexibility index (Phi) is 25.7. The number of methoxy groups -OCH3 is 2. The number of hydrogen-bond acceptors (Lipinski definition) is 12. The Morgan fingerprint density at radius 1 is 0.607 bits per heavy atom. The minimum atomic E-state index is -0.374. The summed E-state index contributed by atoms with van der Waals surface area (Å²) in [4.78, 5) is 57.0. The molecule has 2 saturated carbocycles. The highest BCUT2D eigenvalue weighted by Crippen LogP contribution is 2.43. The monoisotopic (exact) mass is 1220 g/mol. The third-order valence-electron chi connectivity index (χ3n) is 16.3. The van der Waals surface area contributed by atoms with Crippen LogP contribution >= 0.6 is 0 Å². The Morgan fingerprint density at radius 2 is 1.11 bits per heavy atom. The number of nitrogens with one attached hydrogen (secondary N) is 4. The molecular weight excluding hydrogens is 1120 g/mol. The van der Waals surface area contributed by atoms with Gasteiger partial charge in [-0.3, -0.25) is 28.5 Å². The molecule has 0 aliphatic heterocycles. The fourth-order valence-electron chi connectivity index (χ4n) is 11.9. The lowest BCUT2D eigenvalue weighted by Crippen LogP contribution is -2.40. The van der Waals surface area contributed by atoms with Crippen molar-refractivity contribution in [2.75, 3.05) is 20.8 Å². The molecule has 0 saturated heterocycles. The molecule has 3 heterocycles. The molecule has 2 atom stereocenters. The van der Waals surface area contributed by atoms with Gasteiger partial charge in [0.25, 0.3) is 11.8 Å². The van der Waals surface area contributed by atoms with E-state index in [0.717, 1.165) is 85.0 Å². The molecule has 7 aromatic rings. The quantitative estimate of drug-likeness (QED) is 0.0310. The predicted octanol–water partition coefficient (Wildman–Crippen LogP) is 13.7. The predicted molar refractivity (Wildman–Crippen MR) is 346 cm³/mol. The number of carbonyl (C=O) groups excluding carboxylic acids is 4. The van der Waals surface area contributed by atoms with Gasteiger partial charge in [-0.25, -0.2) is 4.98 Å². The third kappa shape index (κ3) is 20.0. The molecule has 476 valence electrons. The first-order valence-electron chi connectivity index (χ1n) is 32.2. The Balaban J connectivity index is 0.000000230. The number of aromatic nitrogens is 5. The second-order valence-corrected chi connectivity index (χ2v) is 24.4. The maximum Gasteiger partial charge on any atom is 0.272 e. The van der Waals surface area contributed by atoms with Crippen molar-refractivity contribution in [3.05, 3.63) is 150 Å². The van der Waals surface area contributed by atoms with Gasteiger partial charge in [0.05, 0.1) is 55.5 Å². The minimum absolute atomic E-state index is 0.0397. The van der Waals surface area contributed by atoms with Crippen LogP contribution in [0.3, 0.4) is 0 Å². The van der Waals surface area contributed by atoms with E-state index in [-0.39, 0.29) is 67.1 Å². The molecule has 3 aromatic heterocycles. The number of rotatable bonds is 30. The molecule has 0 unspecified atom stereocenters. The molecular formula is C71H93N9O9. The summed E-state index contributed by atoms with van der Waals surface area (Å²) in [7, 11) is 3.29. The van der Waals surface area contributed by atoms with Crippen molar-refractivity contribution in [2.24, 2.45) is 17.8 Å². The van der Waals surface area contributed by atoms with E-state index >= 15 is 0 Å². The van der Waals surface area contributed by atoms with E-state index < -0.39 is 0 Å². The summed E-state index contributed by atoms with van der Waals surface area (Å²) in [5.41, 5.74) is 5.84. The van der Waals surface area contributed by atoms with Crippen LogP contribution in [0.5, 0.6) is 23.0 Å². The molecule has 0 radical (unpaired) electrons. The van der Waals surface area contributed by atoms with E-state index in [2.05, 4.69) is 60.9 Å². The lowest BCUT2D eigenvalue weighted by molar-refractivity contribution is -0.122. The molecule has 9 rings (SSSR count). The van der Waals surface area contributed by atoms with Gasteiger partial charge >= 0.3 is 0 Å². The molecule has 4 amide bonds. The molecule has 2 aliphatic rings. The maximum atomic E-state index is 13.8. The molecule has 18 heteroatoms. The molecule has 2 fully saturated rings. The summed E-state index contributed by atoms with van der Waals surface area (Å²) in [6, 6.07) is 34.7. The number of unbranched alkanes of at least 4 members (excludes halogenated alkanes) is 1. The standard InChI is InChI=1S/C36H50N4O4.C35H43N5O5/c1-5-6-20-37-34(41)22-29(21-26(2)3)38-36(42)30-23-31(40(39-30)24-27-14-9-7-10-15-27)35-32(43-4)18-13-19-33(35)44-25-28-16-11-8-12-17-28;1-24(2)19-26(20-32(41)37-22-33-36-17-18-44-33)38-35(42)28-21-29(40(39-28)27-13-8-5-9-14-27)34-30(43-3)15-10-16-31(34)45-23-25-11-6-4-7-12-25/h8,11-13,16-19,23,26-27,29H,5-7,9-10,14-15,20-22,24-25H2,1-4H3,(H,37,41)(H,38,42);4,6-7,10-12,15-18,21,24,26-27H,5,8-9,13-14,19-20,22-23H2,1-3H3,(H,37,41)(H,38,42)/t29-;26-/m00/s1. The zero-order valence-electron chi connectivity index (χ0n) is 53.3. The Hall–Kier alpha value is -8.41. The number of carbonyl (C=O) groups is 4. The normalized spacial score (nSPS) is 14.3. The first kappa shape index (κ1) is 66.5. The van der Waals surface area contributed by atoms with Gasteiger partial charge in [-0.1, -0.05) is 152 Å². The average molecular weight is 1220 g/mol. The summed E-state index contributed by atoms with van der Waals surface area (Å²) >= 11 is 0. The molecule has 0 spiro atoms. The van der Waals surface area contributed by atoms with Crippen molar-refractivity contribution in [2.45, 2.75) is 182 Å². The third-order valence-corrected chi connectivity index (χ3v) is 16.3. The number of hydrogen-bond donors (Lipinski definition) is 4. The van der Waals surface area contributed by atoms with E-state index in [1.54, 1.807) is 14.2 Å². The van der Waals surface area contributed by atoms with Crippen LogP contribution in [-0.4, -0.2) is 81.0 Å². The number of benzene rings is 4. The van der Waals surface area contributed by atoms with Crippen LogP contribution in [0.4, 0.5) is 0 Å². The van der Waals surface area contributed by atoms with Gasteiger partial charge < -0.3 is 44.6 Å². The molecule has 4 aromatic carbocycles. The number of oxazole rings is 1. The zero-order valence-corrected chi connectivity index (χ0v) is 53.3. The number of nitrogens with zero attached hydrogens (tertiary/aromatic N) is 5. The van der Waals surface area contributed by atoms with Crippen LogP contribution in [0.2, 0.25) is 0 Å². The number of ether oxygens (including phenoxy) is 4. The SMILES string of the molecule is CCCCNC(=O)C[C@H](CC(C)C)NC(=O)c1cc(-c2c(OC)cccc2OCc2ccccc2)n(CC2CCCCC2)n1.COc1cccc(OCc2ccccc2)c1-c1cc(C(=O)N[C@H](CC(=O)NCc2ncco2)CC(C)C)nn1C1CCCCC1. The van der Waals surface area contributed by atoms with Gasteiger partial charge in [0, 0.05) is 38.0 Å². The molecule has 4 N–H and O–H groups in total. The first-order chi connectivity index (χ1) is 43.3. The van der Waals surface area contributed by atoms with Gasteiger partial charge in [0.15, 0.2) is 11.4 Å². The highest BCUT2D eigenvalue weighted by atomic mass is 16.5. The van der Waals surface area contributed by atoms with Crippen molar-refractivity contribution >= 4 is 23.6 Å². The largest absolute Gasteiger partial charge is 0.496 e. The van der Waals surface area contributed by atoms with Gasteiger partial charge in [0.2, 0.25) is 17.7 Å². The van der Waals surface area contributed by atoms with Crippen LogP contribution in [0.1, 0.15) is 181 Å². The van der Waals surface area contributed by atoms with Crippen LogP contribution in [0.15, 0.2) is 126 Å². The molecule has 0 bridgehead atoms. The second-order valence-electron chi connectivity index (χ2n) is 24.4. The fourth-order valence-corrected chi connectivity index (χ4v) is 11.9. The highest BCUT2D eigenvalue weighted by Gasteiger charge is 2.30. The highest BCUT2D eigenvalue weighted by molar-refractivity contribution is 5.95. The maximum absolute atomic E-state index is 13.8. The average Bonchev–Trinajstić information content (AvgIpc) is 2.04. The molecule has 18 nitrogen and oxygen atoms in total. The van der Waals surface area contributed by atoms with Gasteiger partial charge in [-0.05, 0) is 110 Å². The summed E-state index contributed by atoms with van der Waals surface area (Å²) in [5.74, 6) is 3.31. The van der Waals surface area contributed by atoms with Crippen LogP contribution < -0.4 is 40.2 Å². The summed E-state index contributed by atoms with van der Waals surface area (Å²) in [6.45, 7) is 12.8. The Morgan fingerprint density at radius 3 is 1.63 bits per heavy atom. The molecule has 89 heavy (non-hydrogen) atoms. The van der Waals surface area contributed by atoms with E-state index in [0.29, 0.717) is 91.3 Å². The topological polar surface area (TPSA) is 215 Å². The van der Waals surface area contributed by atoms with E-state index in [4.69, 9.17) is 33.6 Å². The van der Waals surface area contributed by atoms with Crippen molar-refractivity contribution in [3.8, 4) is 45.5 Å². The van der Waals surface area contributed by atoms with E-state index in [1.165, 1.54) is 38.1 Å². The van der Waals surface area contributed by atoms with Crippen LogP contribution in [0.25, 0.3) is 22.5 Å². The van der Waals surface area contributed by atoms with Gasteiger partial charge in [-0.15, -0.1) is 0 Å². The van der Waals surface area contributed by atoms with Crippen molar-refractivity contribution < 1.29 is 42.5 Å². The van der Waals surface area contributed by atoms with Crippen LogP contribution in [-0.2, 0) is 35.9 Å². The van der Waals surface area contributed by atoms with E-state index in [1.807, 2.05) is 119 Å². The lowest BCUT2D eigenvalue weighted by atomic mass is 9.89. The van der Waals surface area contributed by atoms with E-state index in [9.17, 15) is 19.2 Å². The summed E-state index contributed by atoms with van der Waals surface area (Å²) in [6.07, 6.45) is 18.0. The Labute approximate surface area is 525 Å². The van der Waals surface area contributed by atoms with Gasteiger partial charge in [-0.2, -0.15) is 10.2 Å². The summed E-state index contributed by atoms with van der Waals surface area (Å²) < 4.78 is 33.5. The summed E-state index contributed by atoms with van der Waals surface area (Å²) in [5, 5.41) is 21.8. The van der Waals surface area contributed by atoms with Crippen LogP contribution in [0, 0.1) is 17.8 Å².